The van der Waals surface area contributed by atoms with Gasteiger partial charge in [-0.2, -0.15) is 15.0 Å². The summed E-state index contributed by atoms with van der Waals surface area (Å²) in [5.41, 5.74) is 0. The van der Waals surface area contributed by atoms with Gasteiger partial charge in [0.25, 0.3) is 0 Å². The van der Waals surface area contributed by atoms with Gasteiger partial charge in [-0.05, 0) is 19.4 Å². The van der Waals surface area contributed by atoms with Crippen molar-refractivity contribution in [3.05, 3.63) is 0 Å². The lowest BCUT2D eigenvalue weighted by molar-refractivity contribution is 0.0378. The molecule has 22 heavy (non-hydrogen) atoms. The Balaban J connectivity index is 1.77. The molecule has 0 bridgehead atoms. The molecule has 0 atom stereocenters. The summed E-state index contributed by atoms with van der Waals surface area (Å²) in [7, 11) is 1.81. The molecule has 0 saturated carbocycles. The van der Waals surface area contributed by atoms with Crippen LogP contribution in [0.15, 0.2) is 0 Å². The molecule has 8 nitrogen and oxygen atoms in total. The Morgan fingerprint density at radius 1 is 1.00 bits per heavy atom. The maximum absolute atomic E-state index is 5.35. The molecule has 1 aromatic rings. The molecule has 0 amide bonds. The summed E-state index contributed by atoms with van der Waals surface area (Å²) < 4.78 is 5.35. The van der Waals surface area contributed by atoms with E-state index in [-0.39, 0.29) is 0 Å². The van der Waals surface area contributed by atoms with E-state index in [0.29, 0.717) is 17.8 Å². The number of nitrogens with one attached hydrogen (secondary N) is 3. The number of ether oxygens (including phenoxy) is 1. The highest BCUT2D eigenvalue weighted by Gasteiger charge is 2.09. The van der Waals surface area contributed by atoms with Crippen LogP contribution in [0, 0.1) is 0 Å². The fourth-order valence-electron chi connectivity index (χ4n) is 2.21. The Hall–Kier alpha value is -1.67. The topological polar surface area (TPSA) is 87.2 Å². The molecule has 1 aliphatic rings. The second-order valence-electron chi connectivity index (χ2n) is 5.22. The summed E-state index contributed by atoms with van der Waals surface area (Å²) in [5, 5.41) is 9.42. The molecule has 124 valence electrons. The minimum atomic E-state index is 0.573. The van der Waals surface area contributed by atoms with Gasteiger partial charge in [-0.25, -0.2) is 0 Å². The van der Waals surface area contributed by atoms with E-state index in [1.165, 1.54) is 0 Å². The Kier molecular flexibility index (Phi) is 7.11. The summed E-state index contributed by atoms with van der Waals surface area (Å²) in [6.07, 6.45) is 2.08. The van der Waals surface area contributed by atoms with Crippen molar-refractivity contribution in [3.63, 3.8) is 0 Å². The third kappa shape index (κ3) is 5.61. The van der Waals surface area contributed by atoms with E-state index in [1.54, 1.807) is 7.05 Å². The number of morpholine rings is 1. The molecule has 1 saturated heterocycles. The van der Waals surface area contributed by atoms with Crippen LogP contribution in [-0.2, 0) is 4.74 Å². The predicted octanol–water partition coefficient (Wildman–Crippen LogP) is 0.869. The zero-order chi connectivity index (χ0) is 15.6. The standard InChI is InChI=1S/C14H27N7O/c1-3-5-16-13-18-12(15-2)19-14(20-13)17-6-4-7-21-8-10-22-11-9-21/h3-11H2,1-2H3,(H3,15,16,17,18,19,20). The first-order chi connectivity index (χ1) is 10.8. The predicted molar refractivity (Wildman–Crippen MR) is 88.5 cm³/mol. The fraction of sp³-hybridized carbons (Fsp3) is 0.786. The molecule has 2 rings (SSSR count). The Bertz CT molecular complexity index is 437. The maximum atomic E-state index is 5.35. The van der Waals surface area contributed by atoms with Crippen LogP contribution >= 0.6 is 0 Å². The lowest BCUT2D eigenvalue weighted by Crippen LogP contribution is -2.37. The van der Waals surface area contributed by atoms with Crippen molar-refractivity contribution in [2.45, 2.75) is 19.8 Å². The van der Waals surface area contributed by atoms with E-state index in [4.69, 9.17) is 4.74 Å². The second kappa shape index (κ2) is 9.37. The molecule has 0 spiro atoms. The van der Waals surface area contributed by atoms with Crippen LogP contribution in [0.25, 0.3) is 0 Å². The molecule has 0 radical (unpaired) electrons. The molecular weight excluding hydrogens is 282 g/mol. The molecule has 0 aliphatic carbocycles. The van der Waals surface area contributed by atoms with Crippen LogP contribution in [0.2, 0.25) is 0 Å². The molecule has 8 heteroatoms. The van der Waals surface area contributed by atoms with Crippen molar-refractivity contribution < 1.29 is 4.74 Å². The Labute approximate surface area is 132 Å². The van der Waals surface area contributed by atoms with Gasteiger partial charge in [-0.3, -0.25) is 4.90 Å². The summed E-state index contributed by atoms with van der Waals surface area (Å²) in [4.78, 5) is 15.4. The van der Waals surface area contributed by atoms with E-state index in [1.807, 2.05) is 0 Å². The van der Waals surface area contributed by atoms with E-state index in [0.717, 1.165) is 58.8 Å². The number of hydrogen-bond acceptors (Lipinski definition) is 8. The summed E-state index contributed by atoms with van der Waals surface area (Å²) in [5.74, 6) is 1.79. The van der Waals surface area contributed by atoms with E-state index < -0.39 is 0 Å². The molecule has 1 aromatic heterocycles. The minimum absolute atomic E-state index is 0.573. The summed E-state index contributed by atoms with van der Waals surface area (Å²) in [6.45, 7) is 8.62. The third-order valence-electron chi connectivity index (χ3n) is 3.43. The molecule has 2 heterocycles. The van der Waals surface area contributed by atoms with Gasteiger partial charge in [0.1, 0.15) is 0 Å². The first-order valence-corrected chi connectivity index (χ1v) is 8.03. The van der Waals surface area contributed by atoms with Crippen LogP contribution < -0.4 is 16.0 Å². The van der Waals surface area contributed by atoms with Gasteiger partial charge in [0.15, 0.2) is 0 Å². The van der Waals surface area contributed by atoms with Crippen molar-refractivity contribution in [2.75, 3.05) is 68.9 Å². The van der Waals surface area contributed by atoms with Gasteiger partial charge in [0.05, 0.1) is 13.2 Å². The minimum Gasteiger partial charge on any atom is -0.379 e. The van der Waals surface area contributed by atoms with Crippen molar-refractivity contribution in [3.8, 4) is 0 Å². The average Bonchev–Trinajstić information content (AvgIpc) is 2.57. The zero-order valence-electron chi connectivity index (χ0n) is 13.6. The Morgan fingerprint density at radius 2 is 1.64 bits per heavy atom. The summed E-state index contributed by atoms with van der Waals surface area (Å²) in [6, 6.07) is 0. The number of hydrogen-bond donors (Lipinski definition) is 3. The van der Waals surface area contributed by atoms with Gasteiger partial charge in [0.2, 0.25) is 17.8 Å². The SMILES string of the molecule is CCCNc1nc(NC)nc(NCCCN2CCOCC2)n1. The number of anilines is 3. The van der Waals surface area contributed by atoms with Gasteiger partial charge < -0.3 is 20.7 Å². The van der Waals surface area contributed by atoms with Crippen molar-refractivity contribution in [2.24, 2.45) is 0 Å². The van der Waals surface area contributed by atoms with Gasteiger partial charge in [0, 0.05) is 33.2 Å². The molecular formula is C14H27N7O. The lowest BCUT2D eigenvalue weighted by Gasteiger charge is -2.26. The van der Waals surface area contributed by atoms with Crippen molar-refractivity contribution >= 4 is 17.8 Å². The van der Waals surface area contributed by atoms with E-state index in [9.17, 15) is 0 Å². The lowest BCUT2D eigenvalue weighted by atomic mass is 10.3. The maximum Gasteiger partial charge on any atom is 0.229 e. The smallest absolute Gasteiger partial charge is 0.229 e. The van der Waals surface area contributed by atoms with Crippen molar-refractivity contribution in [1.29, 1.82) is 0 Å². The van der Waals surface area contributed by atoms with E-state index in [2.05, 4.69) is 42.7 Å². The van der Waals surface area contributed by atoms with Crippen molar-refractivity contribution in [1.82, 2.24) is 19.9 Å². The second-order valence-corrected chi connectivity index (χ2v) is 5.22. The number of rotatable bonds is 9. The number of aromatic nitrogens is 3. The average molecular weight is 309 g/mol. The normalized spacial score (nSPS) is 15.5. The van der Waals surface area contributed by atoms with Crippen LogP contribution in [0.4, 0.5) is 17.8 Å². The zero-order valence-corrected chi connectivity index (χ0v) is 13.6. The first kappa shape index (κ1) is 16.7. The summed E-state index contributed by atoms with van der Waals surface area (Å²) >= 11 is 0. The molecule has 0 unspecified atom stereocenters. The van der Waals surface area contributed by atoms with E-state index >= 15 is 0 Å². The van der Waals surface area contributed by atoms with Crippen LogP contribution in [0.1, 0.15) is 19.8 Å². The highest BCUT2D eigenvalue weighted by atomic mass is 16.5. The molecule has 0 aromatic carbocycles. The van der Waals surface area contributed by atoms with Crippen LogP contribution in [0.3, 0.4) is 0 Å². The largest absolute Gasteiger partial charge is 0.379 e. The van der Waals surface area contributed by atoms with Crippen LogP contribution in [-0.4, -0.2) is 72.8 Å². The van der Waals surface area contributed by atoms with Gasteiger partial charge in [-0.1, -0.05) is 6.92 Å². The molecule has 1 aliphatic heterocycles. The molecule has 1 fully saturated rings. The first-order valence-electron chi connectivity index (χ1n) is 8.03. The van der Waals surface area contributed by atoms with Gasteiger partial charge >= 0.3 is 0 Å². The monoisotopic (exact) mass is 309 g/mol. The fourth-order valence-corrected chi connectivity index (χ4v) is 2.21. The number of nitrogens with zero attached hydrogens (tertiary/aromatic N) is 4. The molecule has 3 N–H and O–H groups in total. The quantitative estimate of drug-likeness (QED) is 0.579. The highest BCUT2D eigenvalue weighted by molar-refractivity contribution is 5.41. The third-order valence-corrected chi connectivity index (χ3v) is 3.43. The highest BCUT2D eigenvalue weighted by Crippen LogP contribution is 2.09. The van der Waals surface area contributed by atoms with Crippen LogP contribution in [0.5, 0.6) is 0 Å². The Morgan fingerprint density at radius 3 is 2.27 bits per heavy atom. The van der Waals surface area contributed by atoms with Gasteiger partial charge in [-0.15, -0.1) is 0 Å².